The molecule has 0 aromatic rings. The molecule has 0 amide bonds. The number of nitrogens with zero attached hydrogens (tertiary/aromatic N) is 1. The zero-order chi connectivity index (χ0) is 11.7. The number of aliphatic carboxylic acids is 1. The molecule has 0 radical (unpaired) electrons. The normalized spacial score (nSPS) is 7.71. The molecule has 0 aliphatic carbocycles. The van der Waals surface area contributed by atoms with Crippen molar-refractivity contribution in [3.8, 4) is 0 Å². The Hall–Kier alpha value is -1.26. The molecular formula is C2H10NO10P. The van der Waals surface area contributed by atoms with E-state index in [0.717, 1.165) is 6.92 Å². The monoisotopic (exact) mass is 239 g/mol. The van der Waals surface area contributed by atoms with E-state index in [2.05, 4.69) is 0 Å². The van der Waals surface area contributed by atoms with Crippen LogP contribution in [0, 0.1) is 10.1 Å². The van der Waals surface area contributed by atoms with Gasteiger partial charge in [-0.2, -0.15) is 0 Å². The van der Waals surface area contributed by atoms with Gasteiger partial charge in [0.2, 0.25) is 0 Å². The molecule has 0 bridgehead atoms. The highest BCUT2D eigenvalue weighted by Gasteiger charge is 2.00. The minimum absolute atomic E-state index is 0. The Morgan fingerprint density at radius 1 is 1.36 bits per heavy atom. The summed E-state index contributed by atoms with van der Waals surface area (Å²) in [7, 11) is -4.64. The standard InChI is InChI=1S/C2H4O2.HNO3.H3O4P.H2O/c1-2(3)4;2-1(3)4;1-5(2,3)4;/h1H3,(H,3,4);(H,2,3,4);(H3,1,2,3,4);1H2. The second-order valence-electron chi connectivity index (χ2n) is 1.27. The van der Waals surface area contributed by atoms with Gasteiger partial charge in [0.1, 0.15) is 0 Å². The molecule has 11 nitrogen and oxygen atoms in total. The molecule has 0 saturated carbocycles. The van der Waals surface area contributed by atoms with Gasteiger partial charge in [-0.1, -0.05) is 0 Å². The largest absolute Gasteiger partial charge is 0.481 e. The van der Waals surface area contributed by atoms with Crippen LogP contribution in [0.15, 0.2) is 0 Å². The second-order valence-corrected chi connectivity index (χ2v) is 2.30. The summed E-state index contributed by atoms with van der Waals surface area (Å²) in [6.45, 7) is 1.08. The molecule has 0 rings (SSSR count). The van der Waals surface area contributed by atoms with Gasteiger partial charge < -0.3 is 30.5 Å². The van der Waals surface area contributed by atoms with E-state index in [1.165, 1.54) is 0 Å². The summed E-state index contributed by atoms with van der Waals surface area (Å²) in [4.78, 5) is 38.9. The number of hydrogen-bond donors (Lipinski definition) is 5. The van der Waals surface area contributed by atoms with Crippen molar-refractivity contribution in [2.24, 2.45) is 0 Å². The fraction of sp³-hybridized carbons (Fsp3) is 0.500. The van der Waals surface area contributed by atoms with Crippen molar-refractivity contribution in [1.29, 1.82) is 0 Å². The number of carbonyl (C=O) groups is 1. The summed E-state index contributed by atoms with van der Waals surface area (Å²) >= 11 is 0. The van der Waals surface area contributed by atoms with E-state index in [1.807, 2.05) is 0 Å². The van der Waals surface area contributed by atoms with Crippen molar-refractivity contribution in [3.63, 3.8) is 0 Å². The molecule has 0 spiro atoms. The fourth-order valence-corrected chi connectivity index (χ4v) is 0. The number of carboxylic acid groups (broad SMARTS) is 1. The van der Waals surface area contributed by atoms with Crippen LogP contribution in [0.3, 0.4) is 0 Å². The van der Waals surface area contributed by atoms with Crippen molar-refractivity contribution >= 4 is 13.8 Å². The number of rotatable bonds is 0. The Labute approximate surface area is 76.9 Å². The molecule has 0 aromatic heterocycles. The molecular weight excluding hydrogens is 229 g/mol. The van der Waals surface area contributed by atoms with Crippen molar-refractivity contribution < 1.29 is 44.9 Å². The molecule has 0 unspecified atom stereocenters. The first-order valence-electron chi connectivity index (χ1n) is 2.28. The Morgan fingerprint density at radius 3 is 1.36 bits per heavy atom. The van der Waals surface area contributed by atoms with Crippen LogP contribution in [0.25, 0.3) is 0 Å². The van der Waals surface area contributed by atoms with Crippen LogP contribution < -0.4 is 0 Å². The van der Waals surface area contributed by atoms with Crippen LogP contribution in [0.2, 0.25) is 0 Å². The van der Waals surface area contributed by atoms with Crippen LogP contribution in [0.4, 0.5) is 0 Å². The highest BCUT2D eigenvalue weighted by molar-refractivity contribution is 7.45. The topological polar surface area (TPSA) is 210 Å². The Bertz CT molecular complexity index is 166. The maximum absolute atomic E-state index is 9.00. The Balaban J connectivity index is -0.0000000522. The van der Waals surface area contributed by atoms with Crippen LogP contribution in [-0.4, -0.2) is 41.5 Å². The second kappa shape index (κ2) is 11.7. The molecule has 88 valence electrons. The minimum atomic E-state index is -4.64. The molecule has 14 heavy (non-hydrogen) atoms. The first-order chi connectivity index (χ1) is 5.46. The first-order valence-corrected chi connectivity index (χ1v) is 3.84. The summed E-state index contributed by atoms with van der Waals surface area (Å²) in [5.74, 6) is -0.833. The van der Waals surface area contributed by atoms with Gasteiger partial charge >= 0.3 is 7.82 Å². The van der Waals surface area contributed by atoms with E-state index in [1.54, 1.807) is 0 Å². The number of phosphoric acid groups is 1. The van der Waals surface area contributed by atoms with E-state index >= 15 is 0 Å². The molecule has 12 heteroatoms. The molecule has 0 saturated heterocycles. The summed E-state index contributed by atoms with van der Waals surface area (Å²) in [6.07, 6.45) is 0. The quantitative estimate of drug-likeness (QED) is 0.179. The van der Waals surface area contributed by atoms with Crippen LogP contribution >= 0.6 is 7.82 Å². The predicted octanol–water partition coefficient (Wildman–Crippen LogP) is -2.01. The van der Waals surface area contributed by atoms with Gasteiger partial charge in [0.15, 0.2) is 0 Å². The van der Waals surface area contributed by atoms with Gasteiger partial charge in [0.05, 0.1) is 0 Å². The van der Waals surface area contributed by atoms with Gasteiger partial charge in [-0.3, -0.25) is 4.79 Å². The number of carboxylic acids is 1. The van der Waals surface area contributed by atoms with Crippen LogP contribution in [0.5, 0.6) is 0 Å². The fourth-order valence-electron chi connectivity index (χ4n) is 0. The van der Waals surface area contributed by atoms with Gasteiger partial charge in [-0.05, 0) is 0 Å². The highest BCUT2D eigenvalue weighted by Crippen LogP contribution is 2.25. The predicted molar refractivity (Wildman–Crippen MR) is 40.0 cm³/mol. The van der Waals surface area contributed by atoms with Crippen LogP contribution in [0.1, 0.15) is 6.92 Å². The zero-order valence-electron chi connectivity index (χ0n) is 6.76. The number of hydrogen-bond acceptors (Lipinski definition) is 4. The van der Waals surface area contributed by atoms with E-state index in [-0.39, 0.29) is 5.48 Å². The van der Waals surface area contributed by atoms with Crippen LogP contribution in [-0.2, 0) is 9.36 Å². The third-order valence-corrected chi connectivity index (χ3v) is 0. The lowest BCUT2D eigenvalue weighted by Crippen LogP contribution is -1.81. The van der Waals surface area contributed by atoms with E-state index in [0.29, 0.717) is 0 Å². The van der Waals surface area contributed by atoms with Crippen molar-refractivity contribution in [3.05, 3.63) is 10.1 Å². The average molecular weight is 239 g/mol. The molecule has 0 heterocycles. The average Bonchev–Trinajstić information content (AvgIpc) is 1.50. The maximum Gasteiger partial charge on any atom is 0.466 e. The molecule has 0 aromatic carbocycles. The molecule has 0 aliphatic heterocycles. The highest BCUT2D eigenvalue weighted by atomic mass is 31.2. The molecule has 0 atom stereocenters. The van der Waals surface area contributed by atoms with E-state index < -0.39 is 18.9 Å². The van der Waals surface area contributed by atoms with E-state index in [9.17, 15) is 0 Å². The lowest BCUT2D eigenvalue weighted by molar-refractivity contribution is -0.742. The first kappa shape index (κ1) is 23.0. The summed E-state index contributed by atoms with van der Waals surface area (Å²) < 4.78 is 8.88. The Morgan fingerprint density at radius 2 is 1.36 bits per heavy atom. The van der Waals surface area contributed by atoms with Crippen molar-refractivity contribution in [2.45, 2.75) is 6.92 Å². The smallest absolute Gasteiger partial charge is 0.466 e. The molecule has 7 N–H and O–H groups in total. The van der Waals surface area contributed by atoms with E-state index in [4.69, 9.17) is 44.5 Å². The zero-order valence-corrected chi connectivity index (χ0v) is 7.66. The Kier molecular flexibility index (Phi) is 19.3. The van der Waals surface area contributed by atoms with Gasteiger partial charge in [0, 0.05) is 6.92 Å². The lowest BCUT2D eigenvalue weighted by atomic mass is 10.9. The summed E-state index contributed by atoms with van der Waals surface area (Å²) in [6, 6.07) is 0. The van der Waals surface area contributed by atoms with Gasteiger partial charge in [-0.25, -0.2) is 4.57 Å². The van der Waals surface area contributed by atoms with Gasteiger partial charge in [0.25, 0.3) is 11.1 Å². The molecule has 0 fully saturated rings. The third kappa shape index (κ3) is 642. The third-order valence-electron chi connectivity index (χ3n) is 0. The SMILES string of the molecule is CC(=O)O.O.O=P(O)(O)O.O=[N+]([O-])O. The molecule has 0 aliphatic rings. The maximum atomic E-state index is 9.00. The van der Waals surface area contributed by atoms with Crippen molar-refractivity contribution in [2.75, 3.05) is 0 Å². The summed E-state index contributed by atoms with van der Waals surface area (Å²) in [5, 5.41) is 21.1. The minimum Gasteiger partial charge on any atom is -0.481 e. The summed E-state index contributed by atoms with van der Waals surface area (Å²) in [5.41, 5.74) is 0. The van der Waals surface area contributed by atoms with Gasteiger partial charge in [-0.15, -0.1) is 10.1 Å². The lowest BCUT2D eigenvalue weighted by Gasteiger charge is -1.82. The van der Waals surface area contributed by atoms with Crippen molar-refractivity contribution in [1.82, 2.24) is 0 Å².